The van der Waals surface area contributed by atoms with Crippen LogP contribution in [0.3, 0.4) is 0 Å². The molecule has 0 saturated carbocycles. The summed E-state index contributed by atoms with van der Waals surface area (Å²) in [5.41, 5.74) is 1.86. The molecule has 1 aliphatic rings. The first-order chi connectivity index (χ1) is 17.6. The maximum atomic E-state index is 7.19. The highest BCUT2D eigenvalue weighted by atomic mass is 28.4. The normalized spacial score (nSPS) is 14.5. The van der Waals surface area contributed by atoms with E-state index < -0.39 is 16.4 Å². The van der Waals surface area contributed by atoms with Gasteiger partial charge in [0, 0.05) is 21.1 Å². The fourth-order valence-corrected chi connectivity index (χ4v) is 10.1. The smallest absolute Gasteiger partial charge is 0.261 e. The molecular formula is C29H41N3O3Si2. The predicted octanol–water partition coefficient (Wildman–Crippen LogP) is 5.40. The van der Waals surface area contributed by atoms with Gasteiger partial charge in [-0.25, -0.2) is 4.98 Å². The highest BCUT2D eigenvalue weighted by molar-refractivity contribution is 6.99. The molecule has 4 rings (SSSR count). The van der Waals surface area contributed by atoms with Gasteiger partial charge < -0.3 is 18.6 Å². The molecule has 1 aliphatic heterocycles. The second kappa shape index (κ2) is 11.5. The summed E-state index contributed by atoms with van der Waals surface area (Å²) in [6.07, 6.45) is 2.66. The lowest BCUT2D eigenvalue weighted by molar-refractivity contribution is 0.0822. The Hall–Kier alpha value is -2.53. The molecule has 37 heavy (non-hydrogen) atoms. The van der Waals surface area contributed by atoms with Gasteiger partial charge in [-0.2, -0.15) is 0 Å². The molecule has 1 aromatic heterocycles. The number of rotatable bonds is 11. The van der Waals surface area contributed by atoms with Gasteiger partial charge in [0.1, 0.15) is 19.0 Å². The average molecular weight is 536 g/mol. The van der Waals surface area contributed by atoms with E-state index in [9.17, 15) is 0 Å². The Morgan fingerprint density at radius 2 is 1.57 bits per heavy atom. The van der Waals surface area contributed by atoms with Crippen LogP contribution in [0.2, 0.25) is 30.7 Å². The molecule has 6 nitrogen and oxygen atoms in total. The van der Waals surface area contributed by atoms with Gasteiger partial charge in [0.05, 0.1) is 18.5 Å². The summed E-state index contributed by atoms with van der Waals surface area (Å²) in [6.45, 7) is 16.2. The molecule has 0 spiro atoms. The lowest BCUT2D eigenvalue weighted by Crippen LogP contribution is -2.66. The zero-order chi connectivity index (χ0) is 26.5. The summed E-state index contributed by atoms with van der Waals surface area (Å²) in [4.78, 5) is 10.0. The summed E-state index contributed by atoms with van der Waals surface area (Å²) in [5, 5.41) is 6.67. The van der Waals surface area contributed by atoms with Crippen LogP contribution in [-0.2, 0) is 27.3 Å². The average Bonchev–Trinajstić information content (AvgIpc) is 3.52. The quantitative estimate of drug-likeness (QED) is 0.244. The van der Waals surface area contributed by atoms with Gasteiger partial charge in [-0.15, -0.1) is 0 Å². The van der Waals surface area contributed by atoms with Gasteiger partial charge >= 0.3 is 0 Å². The van der Waals surface area contributed by atoms with Crippen LogP contribution in [0.15, 0.2) is 72.0 Å². The van der Waals surface area contributed by atoms with Crippen molar-refractivity contribution in [3.63, 3.8) is 0 Å². The van der Waals surface area contributed by atoms with Gasteiger partial charge in [-0.1, -0.05) is 106 Å². The Morgan fingerprint density at radius 1 is 0.946 bits per heavy atom. The van der Waals surface area contributed by atoms with E-state index in [0.717, 1.165) is 36.3 Å². The molecule has 2 heterocycles. The van der Waals surface area contributed by atoms with Crippen LogP contribution >= 0.6 is 0 Å². The number of imidazole rings is 1. The number of hydrogen-bond acceptors (Lipinski definition) is 5. The van der Waals surface area contributed by atoms with Crippen molar-refractivity contribution < 1.29 is 14.0 Å². The molecule has 0 atom stereocenters. The van der Waals surface area contributed by atoms with Crippen LogP contribution in [0.25, 0.3) is 0 Å². The second-order valence-corrected chi connectivity index (χ2v) is 21.8. The van der Waals surface area contributed by atoms with E-state index in [1.54, 1.807) is 0 Å². The molecule has 3 aromatic rings. The lowest BCUT2D eigenvalue weighted by atomic mass is 10.2. The van der Waals surface area contributed by atoms with E-state index in [1.165, 1.54) is 10.4 Å². The van der Waals surface area contributed by atoms with Crippen molar-refractivity contribution in [1.29, 1.82) is 0 Å². The number of nitrogens with zero attached hydrogens (tertiary/aromatic N) is 3. The van der Waals surface area contributed by atoms with Crippen LogP contribution in [0.1, 0.15) is 38.7 Å². The SMILES string of the molecule is CC(C)(C)[Si](OCc1cnc(C2=NOCC2)n1COCC[Si](C)(C)C)(c1ccccc1)c1ccccc1. The largest absolute Gasteiger partial charge is 0.402 e. The van der Waals surface area contributed by atoms with Crippen LogP contribution in [0.5, 0.6) is 0 Å². The van der Waals surface area contributed by atoms with Crippen molar-refractivity contribution in [2.45, 2.75) is 71.3 Å². The minimum absolute atomic E-state index is 0.0966. The Kier molecular flexibility index (Phi) is 8.53. The van der Waals surface area contributed by atoms with Crippen molar-refractivity contribution >= 4 is 32.5 Å². The first-order valence-corrected chi connectivity index (χ1v) is 18.8. The van der Waals surface area contributed by atoms with E-state index in [-0.39, 0.29) is 5.04 Å². The third-order valence-corrected chi connectivity index (χ3v) is 13.6. The molecule has 0 amide bonds. The van der Waals surface area contributed by atoms with E-state index in [0.29, 0.717) is 19.9 Å². The second-order valence-electron chi connectivity index (χ2n) is 11.9. The third-order valence-electron chi connectivity index (χ3n) is 6.87. The van der Waals surface area contributed by atoms with Gasteiger partial charge in [0.15, 0.2) is 5.82 Å². The third kappa shape index (κ3) is 6.31. The van der Waals surface area contributed by atoms with Crippen molar-refractivity contribution in [2.24, 2.45) is 5.16 Å². The van der Waals surface area contributed by atoms with Crippen LogP contribution in [0, 0.1) is 0 Å². The van der Waals surface area contributed by atoms with E-state index >= 15 is 0 Å². The lowest BCUT2D eigenvalue weighted by Gasteiger charge is -2.43. The van der Waals surface area contributed by atoms with E-state index in [1.807, 2.05) is 6.20 Å². The minimum Gasteiger partial charge on any atom is -0.402 e. The summed E-state index contributed by atoms with van der Waals surface area (Å²) in [7, 11) is -3.85. The standard InChI is InChI=1S/C29H41N3O3Si2/c1-29(2,3)37(25-13-9-7-10-14-25,26-15-11-8-12-16-26)35-22-24-21-30-28(27-17-18-34-31-27)32(24)23-33-19-20-36(4,5)6/h7-16,21H,17-20,22-23H2,1-6H3. The summed E-state index contributed by atoms with van der Waals surface area (Å²) >= 11 is 0. The number of aromatic nitrogens is 2. The fourth-order valence-electron chi connectivity index (χ4n) is 4.84. The maximum Gasteiger partial charge on any atom is 0.261 e. The molecule has 0 saturated heterocycles. The first kappa shape index (κ1) is 27.5. The van der Waals surface area contributed by atoms with Crippen LogP contribution in [0.4, 0.5) is 0 Å². The van der Waals surface area contributed by atoms with Crippen molar-refractivity contribution in [3.05, 3.63) is 78.4 Å². The minimum atomic E-state index is -2.67. The van der Waals surface area contributed by atoms with Gasteiger partial charge in [-0.05, 0) is 21.5 Å². The number of hydrogen-bond donors (Lipinski definition) is 0. The molecule has 0 aliphatic carbocycles. The van der Waals surface area contributed by atoms with Crippen LogP contribution in [-0.4, -0.2) is 44.9 Å². The van der Waals surface area contributed by atoms with E-state index in [4.69, 9.17) is 19.0 Å². The fraction of sp³-hybridized carbons (Fsp3) is 0.448. The molecule has 0 bridgehead atoms. The topological polar surface area (TPSA) is 57.9 Å². The van der Waals surface area contributed by atoms with Gasteiger partial charge in [-0.3, -0.25) is 0 Å². The Bertz CT molecular complexity index is 1140. The zero-order valence-corrected chi connectivity index (χ0v) is 25.2. The Balaban J connectivity index is 1.68. The van der Waals surface area contributed by atoms with Gasteiger partial charge in [0.2, 0.25) is 0 Å². The molecule has 0 radical (unpaired) electrons. The number of ether oxygens (including phenoxy) is 1. The molecule has 2 aromatic carbocycles. The van der Waals surface area contributed by atoms with Crippen molar-refractivity contribution in [1.82, 2.24) is 9.55 Å². The van der Waals surface area contributed by atoms with Crippen molar-refractivity contribution in [2.75, 3.05) is 13.2 Å². The highest BCUT2D eigenvalue weighted by Gasteiger charge is 2.50. The molecule has 0 unspecified atom stereocenters. The number of oxime groups is 1. The Labute approximate surface area is 223 Å². The molecule has 0 fully saturated rings. The predicted molar refractivity (Wildman–Crippen MR) is 156 cm³/mol. The summed E-state index contributed by atoms with van der Waals surface area (Å²) in [5.74, 6) is 0.812. The molecular weight excluding hydrogens is 495 g/mol. The first-order valence-electron chi connectivity index (χ1n) is 13.2. The number of benzene rings is 2. The van der Waals surface area contributed by atoms with Crippen LogP contribution < -0.4 is 10.4 Å². The maximum absolute atomic E-state index is 7.19. The molecule has 0 N–H and O–H groups in total. The zero-order valence-electron chi connectivity index (χ0n) is 23.2. The Morgan fingerprint density at radius 3 is 2.08 bits per heavy atom. The summed E-state index contributed by atoms with van der Waals surface area (Å²) < 4.78 is 15.5. The van der Waals surface area contributed by atoms with E-state index in [2.05, 4.69) is 111 Å². The molecule has 198 valence electrons. The monoisotopic (exact) mass is 535 g/mol. The van der Waals surface area contributed by atoms with Gasteiger partial charge in [0.25, 0.3) is 8.32 Å². The molecule has 8 heteroatoms. The van der Waals surface area contributed by atoms with Crippen molar-refractivity contribution in [3.8, 4) is 0 Å². The summed E-state index contributed by atoms with van der Waals surface area (Å²) in [6, 6.07) is 22.6. The highest BCUT2D eigenvalue weighted by Crippen LogP contribution is 2.37.